The van der Waals surface area contributed by atoms with Gasteiger partial charge >= 0.3 is 0 Å². The molecule has 1 N–H and O–H groups in total. The Hall–Kier alpha value is -2.82. The zero-order chi connectivity index (χ0) is 19.8. The van der Waals surface area contributed by atoms with E-state index in [2.05, 4.69) is 12.2 Å². The minimum absolute atomic E-state index is 0.112. The van der Waals surface area contributed by atoms with Gasteiger partial charge in [-0.1, -0.05) is 48.9 Å². The number of likely N-dealkylation sites (N-methyl/N-ethyl adjacent to an activating group) is 1. The highest BCUT2D eigenvalue weighted by Gasteiger charge is 2.25. The summed E-state index contributed by atoms with van der Waals surface area (Å²) in [4.78, 5) is 26.5. The molecule has 5 heteroatoms. The van der Waals surface area contributed by atoms with Gasteiger partial charge in [0.15, 0.2) is 6.61 Å². The maximum atomic E-state index is 12.8. The number of benzene rings is 2. The predicted octanol–water partition coefficient (Wildman–Crippen LogP) is 3.10. The predicted molar refractivity (Wildman–Crippen MR) is 107 cm³/mol. The molecule has 0 heterocycles. The third-order valence-corrected chi connectivity index (χ3v) is 4.54. The molecule has 0 aromatic heterocycles. The first-order chi connectivity index (χ1) is 12.9. The molecule has 2 amide bonds. The monoisotopic (exact) mass is 368 g/mol. The van der Waals surface area contributed by atoms with Crippen LogP contribution in [0.15, 0.2) is 48.5 Å². The first kappa shape index (κ1) is 20.5. The Morgan fingerprint density at radius 1 is 1.11 bits per heavy atom. The van der Waals surface area contributed by atoms with Crippen LogP contribution in [0.3, 0.4) is 0 Å². The van der Waals surface area contributed by atoms with Crippen molar-refractivity contribution < 1.29 is 14.3 Å². The highest BCUT2D eigenvalue weighted by Crippen LogP contribution is 2.15. The number of ether oxygens (including phenoxy) is 1. The Morgan fingerprint density at radius 3 is 2.41 bits per heavy atom. The lowest BCUT2D eigenvalue weighted by Crippen LogP contribution is -2.48. The zero-order valence-corrected chi connectivity index (χ0v) is 16.5. The molecular weight excluding hydrogens is 340 g/mol. The van der Waals surface area contributed by atoms with Crippen LogP contribution in [-0.2, 0) is 22.6 Å². The molecule has 2 rings (SSSR count). The number of carbonyl (C=O) groups excluding carboxylic acids is 2. The van der Waals surface area contributed by atoms with Crippen LogP contribution in [0.1, 0.15) is 30.5 Å². The molecule has 5 nitrogen and oxygen atoms in total. The van der Waals surface area contributed by atoms with Crippen LogP contribution in [0, 0.1) is 6.92 Å². The summed E-state index contributed by atoms with van der Waals surface area (Å²) >= 11 is 0. The van der Waals surface area contributed by atoms with Crippen molar-refractivity contribution in [3.63, 3.8) is 0 Å². The summed E-state index contributed by atoms with van der Waals surface area (Å²) in [6, 6.07) is 15.0. The fourth-order valence-corrected chi connectivity index (χ4v) is 2.85. The van der Waals surface area contributed by atoms with Crippen molar-refractivity contribution in [3.05, 3.63) is 65.2 Å². The van der Waals surface area contributed by atoms with Crippen molar-refractivity contribution in [2.45, 2.75) is 39.8 Å². The number of amides is 2. The van der Waals surface area contributed by atoms with E-state index < -0.39 is 6.04 Å². The average molecular weight is 368 g/mol. The lowest BCUT2D eigenvalue weighted by atomic mass is 10.1. The molecule has 0 spiro atoms. The molecule has 0 aliphatic rings. The topological polar surface area (TPSA) is 58.6 Å². The first-order valence-electron chi connectivity index (χ1n) is 9.23. The van der Waals surface area contributed by atoms with E-state index in [1.165, 1.54) is 5.56 Å². The highest BCUT2D eigenvalue weighted by atomic mass is 16.5. The van der Waals surface area contributed by atoms with Crippen molar-refractivity contribution in [1.82, 2.24) is 10.2 Å². The number of nitrogens with zero attached hydrogens (tertiary/aromatic N) is 1. The molecule has 2 aromatic rings. The van der Waals surface area contributed by atoms with Crippen molar-refractivity contribution in [1.29, 1.82) is 0 Å². The van der Waals surface area contributed by atoms with Crippen molar-refractivity contribution >= 4 is 11.8 Å². The summed E-state index contributed by atoms with van der Waals surface area (Å²) in [5.74, 6) is 0.208. The molecule has 1 atom stereocenters. The second-order valence-electron chi connectivity index (χ2n) is 6.59. The van der Waals surface area contributed by atoms with Gasteiger partial charge in [0.25, 0.3) is 5.91 Å². The molecule has 2 aromatic carbocycles. The fourth-order valence-electron chi connectivity index (χ4n) is 2.85. The van der Waals surface area contributed by atoms with E-state index in [9.17, 15) is 9.59 Å². The molecular formula is C22H28N2O3. The second kappa shape index (κ2) is 9.76. The largest absolute Gasteiger partial charge is 0.484 e. The minimum atomic E-state index is -0.589. The molecule has 0 saturated carbocycles. The average Bonchev–Trinajstić information content (AvgIpc) is 2.69. The number of hydrogen-bond acceptors (Lipinski definition) is 3. The smallest absolute Gasteiger partial charge is 0.261 e. The van der Waals surface area contributed by atoms with E-state index in [0.29, 0.717) is 12.3 Å². The van der Waals surface area contributed by atoms with Gasteiger partial charge in [0.05, 0.1) is 0 Å². The number of aryl methyl sites for hydroxylation is 2. The normalized spacial score (nSPS) is 11.6. The van der Waals surface area contributed by atoms with Crippen molar-refractivity contribution in [2.24, 2.45) is 0 Å². The van der Waals surface area contributed by atoms with E-state index in [0.717, 1.165) is 17.5 Å². The Balaban J connectivity index is 2.10. The third kappa shape index (κ3) is 5.84. The minimum Gasteiger partial charge on any atom is -0.484 e. The van der Waals surface area contributed by atoms with Crippen LogP contribution < -0.4 is 10.1 Å². The quantitative estimate of drug-likeness (QED) is 0.779. The van der Waals surface area contributed by atoms with Crippen LogP contribution in [0.5, 0.6) is 5.75 Å². The van der Waals surface area contributed by atoms with E-state index in [4.69, 9.17) is 4.74 Å². The number of nitrogens with one attached hydrogen (secondary N) is 1. The van der Waals surface area contributed by atoms with Gasteiger partial charge in [-0.25, -0.2) is 0 Å². The lowest BCUT2D eigenvalue weighted by molar-refractivity contribution is -0.142. The molecule has 0 radical (unpaired) electrons. The van der Waals surface area contributed by atoms with Crippen molar-refractivity contribution in [3.8, 4) is 5.75 Å². The van der Waals surface area contributed by atoms with Crippen LogP contribution in [0.25, 0.3) is 0 Å². The highest BCUT2D eigenvalue weighted by molar-refractivity contribution is 5.87. The molecule has 0 bridgehead atoms. The SMILES string of the molecule is CCc1ccc(OCC(=O)N(Cc2cccc(C)c2)C(C)C(=O)NC)cc1. The Bertz CT molecular complexity index is 771. The molecule has 144 valence electrons. The van der Waals surface area contributed by atoms with Gasteiger partial charge in [0.2, 0.25) is 5.91 Å². The second-order valence-corrected chi connectivity index (χ2v) is 6.59. The summed E-state index contributed by atoms with van der Waals surface area (Å²) in [5, 5.41) is 2.61. The molecule has 27 heavy (non-hydrogen) atoms. The zero-order valence-electron chi connectivity index (χ0n) is 16.5. The maximum Gasteiger partial charge on any atom is 0.261 e. The standard InChI is InChI=1S/C22H28N2O3/c1-5-18-9-11-20(12-10-18)27-15-21(25)24(17(3)22(26)23-4)14-19-8-6-7-16(2)13-19/h6-13,17H,5,14-15H2,1-4H3,(H,23,26). The fraction of sp³-hybridized carbons (Fsp3) is 0.364. The van der Waals surface area contributed by atoms with E-state index in [-0.39, 0.29) is 18.4 Å². The molecule has 0 saturated heterocycles. The first-order valence-corrected chi connectivity index (χ1v) is 9.23. The van der Waals surface area contributed by atoms with Gasteiger partial charge in [0, 0.05) is 13.6 Å². The number of hydrogen-bond donors (Lipinski definition) is 1. The van der Waals surface area contributed by atoms with E-state index in [1.807, 2.05) is 55.5 Å². The third-order valence-electron chi connectivity index (χ3n) is 4.54. The van der Waals surface area contributed by atoms with Crippen LogP contribution in [0.2, 0.25) is 0 Å². The van der Waals surface area contributed by atoms with Gasteiger partial charge in [-0.05, 0) is 43.5 Å². The maximum absolute atomic E-state index is 12.8. The Kier molecular flexibility index (Phi) is 7.41. The van der Waals surface area contributed by atoms with Crippen LogP contribution >= 0.6 is 0 Å². The van der Waals surface area contributed by atoms with E-state index in [1.54, 1.807) is 18.9 Å². The Labute approximate surface area is 161 Å². The molecule has 0 fully saturated rings. The van der Waals surface area contributed by atoms with Crippen LogP contribution in [-0.4, -0.2) is 36.4 Å². The lowest BCUT2D eigenvalue weighted by Gasteiger charge is -2.28. The Morgan fingerprint density at radius 2 is 1.81 bits per heavy atom. The summed E-state index contributed by atoms with van der Waals surface area (Å²) < 4.78 is 5.65. The van der Waals surface area contributed by atoms with Gasteiger partial charge in [-0.2, -0.15) is 0 Å². The summed E-state index contributed by atoms with van der Waals surface area (Å²) in [7, 11) is 1.57. The molecule has 0 aliphatic carbocycles. The van der Waals surface area contributed by atoms with Crippen LogP contribution in [0.4, 0.5) is 0 Å². The summed E-state index contributed by atoms with van der Waals surface area (Å²) in [6.45, 7) is 6.05. The van der Waals surface area contributed by atoms with E-state index >= 15 is 0 Å². The summed E-state index contributed by atoms with van der Waals surface area (Å²) in [5.41, 5.74) is 3.30. The van der Waals surface area contributed by atoms with Gasteiger partial charge < -0.3 is 15.0 Å². The van der Waals surface area contributed by atoms with Gasteiger partial charge in [-0.3, -0.25) is 9.59 Å². The number of carbonyl (C=O) groups is 2. The molecule has 1 unspecified atom stereocenters. The van der Waals surface area contributed by atoms with Crippen molar-refractivity contribution in [2.75, 3.05) is 13.7 Å². The van der Waals surface area contributed by atoms with Gasteiger partial charge in [-0.15, -0.1) is 0 Å². The molecule has 0 aliphatic heterocycles. The number of rotatable bonds is 8. The van der Waals surface area contributed by atoms with Gasteiger partial charge in [0.1, 0.15) is 11.8 Å². The summed E-state index contributed by atoms with van der Waals surface area (Å²) in [6.07, 6.45) is 0.952.